The van der Waals surface area contributed by atoms with Gasteiger partial charge in [-0.15, -0.1) is 13.2 Å². The van der Waals surface area contributed by atoms with Crippen LogP contribution in [0.4, 0.5) is 32.0 Å². The van der Waals surface area contributed by atoms with Crippen LogP contribution in [0.1, 0.15) is 0 Å². The van der Waals surface area contributed by atoms with E-state index < -0.39 is 24.6 Å². The van der Waals surface area contributed by atoms with Gasteiger partial charge in [0.15, 0.2) is 0 Å². The molecular weight excluding hydrogens is 268 g/mol. The third-order valence-corrected chi connectivity index (χ3v) is 1.64. The number of hydrogen-bond acceptors (Lipinski definition) is 3. The summed E-state index contributed by atoms with van der Waals surface area (Å²) >= 11 is 0. The Labute approximate surface area is 97.1 Å². The van der Waals surface area contributed by atoms with Crippen LogP contribution in [-0.2, 0) is 4.74 Å². The number of anilines is 1. The van der Waals surface area contributed by atoms with Crippen molar-refractivity contribution in [3.8, 4) is 5.75 Å². The van der Waals surface area contributed by atoms with Gasteiger partial charge >= 0.3 is 18.8 Å². The second-order valence-corrected chi connectivity index (χ2v) is 3.11. The minimum absolute atomic E-state index is 0.217. The van der Waals surface area contributed by atoms with Crippen molar-refractivity contribution in [2.75, 3.05) is 5.73 Å². The van der Waals surface area contributed by atoms with Crippen LogP contribution >= 0.6 is 0 Å². The zero-order valence-corrected chi connectivity index (χ0v) is 8.55. The van der Waals surface area contributed by atoms with E-state index in [-0.39, 0.29) is 5.69 Å². The first-order valence-electron chi connectivity index (χ1n) is 4.41. The zero-order chi connectivity index (χ0) is 14.0. The van der Waals surface area contributed by atoms with Crippen LogP contribution in [0, 0.1) is 0 Å². The molecule has 1 aromatic rings. The largest absolute Gasteiger partial charge is 0.525 e. The van der Waals surface area contributed by atoms with Crippen molar-refractivity contribution in [1.82, 2.24) is 0 Å². The molecule has 0 aliphatic carbocycles. The van der Waals surface area contributed by atoms with Crippen molar-refractivity contribution in [2.45, 2.75) is 18.8 Å². The Morgan fingerprint density at radius 2 is 1.50 bits per heavy atom. The van der Waals surface area contributed by atoms with E-state index in [4.69, 9.17) is 5.73 Å². The molecule has 0 aliphatic heterocycles. The molecule has 0 aromatic heterocycles. The molecule has 2 N–H and O–H groups in total. The molecule has 9 heteroatoms. The maximum absolute atomic E-state index is 12.9. The summed E-state index contributed by atoms with van der Waals surface area (Å²) in [6.07, 6.45) is -14.3. The molecule has 1 rings (SSSR count). The van der Waals surface area contributed by atoms with Crippen molar-refractivity contribution >= 4 is 5.69 Å². The Balaban J connectivity index is 2.71. The van der Waals surface area contributed by atoms with Gasteiger partial charge in [0.2, 0.25) is 0 Å². The molecule has 0 saturated carbocycles. The number of nitrogens with two attached hydrogens (primary N) is 1. The third kappa shape index (κ3) is 4.32. The molecule has 0 spiro atoms. The maximum atomic E-state index is 12.9. The van der Waals surface area contributed by atoms with Crippen LogP contribution in [-0.4, -0.2) is 18.8 Å². The smallest absolute Gasteiger partial charge is 0.429 e. The highest BCUT2D eigenvalue weighted by molar-refractivity contribution is 5.41. The van der Waals surface area contributed by atoms with Crippen molar-refractivity contribution in [3.05, 3.63) is 24.3 Å². The Morgan fingerprint density at radius 1 is 1.00 bits per heavy atom. The summed E-state index contributed by atoms with van der Waals surface area (Å²) in [6, 6.07) is 4.21. The lowest BCUT2D eigenvalue weighted by Gasteiger charge is -2.22. The molecule has 3 nitrogen and oxygen atoms in total. The standard InChI is InChI=1S/C9H7F6NO2/c10-7(18-9(13,14)15)8(11,12)17-6-3-1-5(16)2-4-6/h1-4,7H,16H2. The highest BCUT2D eigenvalue weighted by Gasteiger charge is 2.50. The van der Waals surface area contributed by atoms with Gasteiger partial charge < -0.3 is 10.5 Å². The molecular formula is C9H7F6NO2. The summed E-state index contributed by atoms with van der Waals surface area (Å²) in [5.74, 6) is -0.553. The van der Waals surface area contributed by atoms with E-state index in [1.54, 1.807) is 0 Å². The number of nitrogen functional groups attached to an aromatic ring is 1. The van der Waals surface area contributed by atoms with Crippen LogP contribution in [0.15, 0.2) is 24.3 Å². The quantitative estimate of drug-likeness (QED) is 0.678. The molecule has 0 saturated heterocycles. The normalized spacial score (nSPS) is 14.3. The molecule has 0 heterocycles. The first-order chi connectivity index (χ1) is 8.10. The predicted molar refractivity (Wildman–Crippen MR) is 48.5 cm³/mol. The van der Waals surface area contributed by atoms with E-state index in [0.29, 0.717) is 0 Å². The Kier molecular flexibility index (Phi) is 3.95. The lowest BCUT2D eigenvalue weighted by Crippen LogP contribution is -2.41. The number of alkyl halides is 6. The van der Waals surface area contributed by atoms with Crippen molar-refractivity contribution in [2.24, 2.45) is 0 Å². The molecule has 18 heavy (non-hydrogen) atoms. The number of halogens is 6. The van der Waals surface area contributed by atoms with E-state index in [9.17, 15) is 26.3 Å². The minimum atomic E-state index is -5.53. The highest BCUT2D eigenvalue weighted by Crippen LogP contribution is 2.31. The molecule has 102 valence electrons. The van der Waals surface area contributed by atoms with Gasteiger partial charge in [0.25, 0.3) is 0 Å². The van der Waals surface area contributed by atoms with Gasteiger partial charge in [-0.05, 0) is 24.3 Å². The van der Waals surface area contributed by atoms with Crippen molar-refractivity contribution in [1.29, 1.82) is 0 Å². The number of ether oxygens (including phenoxy) is 2. The summed E-state index contributed by atoms with van der Waals surface area (Å²) in [4.78, 5) is 0. The average Bonchev–Trinajstić information content (AvgIpc) is 2.18. The second-order valence-electron chi connectivity index (χ2n) is 3.11. The first kappa shape index (κ1) is 14.4. The van der Waals surface area contributed by atoms with E-state index in [1.807, 2.05) is 0 Å². The van der Waals surface area contributed by atoms with Gasteiger partial charge in [0.1, 0.15) is 5.75 Å². The van der Waals surface area contributed by atoms with E-state index in [0.717, 1.165) is 24.3 Å². The van der Waals surface area contributed by atoms with Gasteiger partial charge in [-0.2, -0.15) is 8.78 Å². The highest BCUT2D eigenvalue weighted by atomic mass is 19.4. The molecule has 1 unspecified atom stereocenters. The van der Waals surface area contributed by atoms with Gasteiger partial charge in [-0.25, -0.2) is 9.13 Å². The molecule has 0 bridgehead atoms. The van der Waals surface area contributed by atoms with Gasteiger partial charge in [0, 0.05) is 5.69 Å². The molecule has 0 fully saturated rings. The average molecular weight is 275 g/mol. The molecule has 0 amide bonds. The molecule has 1 atom stereocenters. The Hall–Kier alpha value is -1.64. The first-order valence-corrected chi connectivity index (χ1v) is 4.41. The summed E-state index contributed by atoms with van der Waals surface area (Å²) < 4.78 is 79.3. The van der Waals surface area contributed by atoms with E-state index in [1.165, 1.54) is 0 Å². The number of hydrogen-bond donors (Lipinski definition) is 1. The van der Waals surface area contributed by atoms with Crippen molar-refractivity contribution in [3.63, 3.8) is 0 Å². The summed E-state index contributed by atoms with van der Waals surface area (Å²) in [5.41, 5.74) is 5.46. The summed E-state index contributed by atoms with van der Waals surface area (Å²) in [6.45, 7) is 0. The van der Waals surface area contributed by atoms with Crippen LogP contribution in [0.2, 0.25) is 0 Å². The van der Waals surface area contributed by atoms with Crippen molar-refractivity contribution < 1.29 is 35.8 Å². The fraction of sp³-hybridized carbons (Fsp3) is 0.333. The van der Waals surface area contributed by atoms with Gasteiger partial charge in [-0.3, -0.25) is 0 Å². The fourth-order valence-corrected chi connectivity index (χ4v) is 0.925. The van der Waals surface area contributed by atoms with Crippen LogP contribution in [0.25, 0.3) is 0 Å². The summed E-state index contributed by atoms with van der Waals surface area (Å²) in [5, 5.41) is 0. The number of rotatable bonds is 4. The zero-order valence-electron chi connectivity index (χ0n) is 8.55. The number of benzene rings is 1. The fourth-order valence-electron chi connectivity index (χ4n) is 0.925. The molecule has 0 radical (unpaired) electrons. The monoisotopic (exact) mass is 275 g/mol. The summed E-state index contributed by atoms with van der Waals surface area (Å²) in [7, 11) is 0. The van der Waals surface area contributed by atoms with Crippen LogP contribution in [0.3, 0.4) is 0 Å². The molecule has 0 aliphatic rings. The Morgan fingerprint density at radius 3 is 1.94 bits per heavy atom. The maximum Gasteiger partial charge on any atom is 0.525 e. The van der Waals surface area contributed by atoms with Crippen LogP contribution < -0.4 is 10.5 Å². The van der Waals surface area contributed by atoms with Crippen LogP contribution in [0.5, 0.6) is 5.75 Å². The third-order valence-electron chi connectivity index (χ3n) is 1.64. The van der Waals surface area contributed by atoms with Gasteiger partial charge in [-0.1, -0.05) is 0 Å². The Bertz CT molecular complexity index is 391. The van der Waals surface area contributed by atoms with E-state index in [2.05, 4.69) is 9.47 Å². The SMILES string of the molecule is Nc1ccc(OC(F)(F)C(F)OC(F)(F)F)cc1. The lowest BCUT2D eigenvalue weighted by molar-refractivity contribution is -0.411. The topological polar surface area (TPSA) is 44.5 Å². The minimum Gasteiger partial charge on any atom is -0.429 e. The van der Waals surface area contributed by atoms with E-state index >= 15 is 0 Å². The predicted octanol–water partition coefficient (Wildman–Crippen LogP) is 3.07. The van der Waals surface area contributed by atoms with Gasteiger partial charge in [0.05, 0.1) is 0 Å². The molecule has 1 aromatic carbocycles. The lowest BCUT2D eigenvalue weighted by atomic mass is 10.3. The second kappa shape index (κ2) is 4.92.